The maximum atomic E-state index is 13.4. The summed E-state index contributed by atoms with van der Waals surface area (Å²) in [5.41, 5.74) is 0. The summed E-state index contributed by atoms with van der Waals surface area (Å²) in [6.07, 6.45) is 34.1. The van der Waals surface area contributed by atoms with Crippen LogP contribution in [0.5, 0.6) is 0 Å². The number of ether oxygens (including phenoxy) is 6. The lowest BCUT2D eigenvalue weighted by Gasteiger charge is -2.48. The molecule has 3 aliphatic rings. The van der Waals surface area contributed by atoms with Gasteiger partial charge in [0, 0.05) is 6.42 Å². The maximum absolute atomic E-state index is 13.4. The van der Waals surface area contributed by atoms with Gasteiger partial charge in [-0.1, -0.05) is 208 Å². The molecule has 1 amide bonds. The van der Waals surface area contributed by atoms with Gasteiger partial charge < -0.3 is 89.9 Å². The molecule has 0 bridgehead atoms. The number of carbonyl (C=O) groups excluding carboxylic acids is 1. The second-order valence-electron chi connectivity index (χ2n) is 23.2. The highest BCUT2D eigenvalue weighted by Crippen LogP contribution is 2.33. The van der Waals surface area contributed by atoms with E-state index >= 15 is 0 Å². The third-order valence-corrected chi connectivity index (χ3v) is 15.9. The van der Waals surface area contributed by atoms with Crippen LogP contribution in [0.4, 0.5) is 0 Å². The van der Waals surface area contributed by atoms with Gasteiger partial charge in [-0.25, -0.2) is 0 Å². The van der Waals surface area contributed by atoms with Crippen molar-refractivity contribution >= 4 is 5.91 Å². The highest BCUT2D eigenvalue weighted by Gasteiger charge is 2.53. The monoisotopic (exact) mass is 1220 g/mol. The van der Waals surface area contributed by atoms with Crippen molar-refractivity contribution in [2.75, 3.05) is 26.4 Å². The van der Waals surface area contributed by atoms with Crippen LogP contribution >= 0.6 is 0 Å². The largest absolute Gasteiger partial charge is 0.394 e. The molecule has 0 aromatic heterocycles. The summed E-state index contributed by atoms with van der Waals surface area (Å²) in [6, 6.07) is -1.00. The molecule has 17 atom stereocenters. The van der Waals surface area contributed by atoms with Gasteiger partial charge >= 0.3 is 0 Å². The fourth-order valence-electron chi connectivity index (χ4n) is 10.6. The first-order valence-corrected chi connectivity index (χ1v) is 32.8. The SMILES string of the molecule is CC/C=C\C/C=C\C/C=C\C/C=C\C/C=C\C/C=C\CCCCC(=O)NC(COC1OC(CO)C(OC2OC(CO)C(OC3OC(CO)C(O)C(O)C3O)C(O)C2O)C(O)C1O)C(O)/C=C/CCCCCCCCCCCCCCCCCCCC. The van der Waals surface area contributed by atoms with Crippen LogP contribution in [0.15, 0.2) is 85.1 Å². The molecule has 0 radical (unpaired) electrons. The zero-order valence-corrected chi connectivity index (χ0v) is 52.0. The van der Waals surface area contributed by atoms with E-state index in [-0.39, 0.29) is 18.9 Å². The molecule has 0 spiro atoms. The molecular formula is C67H115NO18. The minimum absolute atomic E-state index is 0.184. The zero-order chi connectivity index (χ0) is 62.6. The molecule has 19 heteroatoms. The number of allylic oxidation sites excluding steroid dienone is 13. The highest BCUT2D eigenvalue weighted by atomic mass is 16.8. The Bertz CT molecular complexity index is 1890. The van der Waals surface area contributed by atoms with Gasteiger partial charge in [0.05, 0.1) is 38.6 Å². The molecule has 0 aromatic carbocycles. The van der Waals surface area contributed by atoms with E-state index in [0.717, 1.165) is 77.0 Å². The second kappa shape index (κ2) is 48.8. The average molecular weight is 1220 g/mol. The van der Waals surface area contributed by atoms with Crippen LogP contribution in [0.3, 0.4) is 0 Å². The van der Waals surface area contributed by atoms with Crippen molar-refractivity contribution in [2.24, 2.45) is 0 Å². The molecule has 3 heterocycles. The minimum Gasteiger partial charge on any atom is -0.394 e. The fourth-order valence-corrected chi connectivity index (χ4v) is 10.6. The molecular weight excluding hydrogens is 1110 g/mol. The van der Waals surface area contributed by atoms with Crippen LogP contribution < -0.4 is 5.32 Å². The van der Waals surface area contributed by atoms with Crippen LogP contribution in [-0.4, -0.2) is 193 Å². The molecule has 3 rings (SSSR count). The van der Waals surface area contributed by atoms with E-state index in [2.05, 4.69) is 92.1 Å². The Morgan fingerprint density at radius 1 is 0.430 bits per heavy atom. The molecule has 3 saturated heterocycles. The second-order valence-corrected chi connectivity index (χ2v) is 23.2. The smallest absolute Gasteiger partial charge is 0.220 e. The van der Waals surface area contributed by atoms with Gasteiger partial charge in [0.2, 0.25) is 5.91 Å². The number of carbonyl (C=O) groups is 1. The molecule has 0 saturated carbocycles. The van der Waals surface area contributed by atoms with E-state index in [9.17, 15) is 61.0 Å². The molecule has 12 N–H and O–H groups in total. The number of unbranched alkanes of at least 4 members (excludes halogenated alkanes) is 20. The van der Waals surface area contributed by atoms with E-state index in [1.54, 1.807) is 6.08 Å². The lowest BCUT2D eigenvalue weighted by molar-refractivity contribution is -0.379. The predicted molar refractivity (Wildman–Crippen MR) is 332 cm³/mol. The van der Waals surface area contributed by atoms with Crippen molar-refractivity contribution in [1.29, 1.82) is 0 Å². The molecule has 496 valence electrons. The molecule has 0 aromatic rings. The van der Waals surface area contributed by atoms with Crippen LogP contribution in [0, 0.1) is 0 Å². The number of hydrogen-bond acceptors (Lipinski definition) is 18. The average Bonchev–Trinajstić information content (AvgIpc) is 2.21. The van der Waals surface area contributed by atoms with E-state index in [1.807, 2.05) is 6.08 Å². The fraction of sp³-hybridized carbons (Fsp3) is 0.776. The Kier molecular flexibility index (Phi) is 43.8. The number of aliphatic hydroxyl groups is 11. The molecule has 3 aliphatic heterocycles. The Labute approximate surface area is 514 Å². The van der Waals surface area contributed by atoms with Gasteiger partial charge in [0.15, 0.2) is 18.9 Å². The van der Waals surface area contributed by atoms with Crippen LogP contribution in [-0.2, 0) is 33.2 Å². The van der Waals surface area contributed by atoms with E-state index in [1.165, 1.54) is 96.3 Å². The molecule has 17 unspecified atom stereocenters. The summed E-state index contributed by atoms with van der Waals surface area (Å²) < 4.78 is 34.3. The van der Waals surface area contributed by atoms with Gasteiger partial charge in [-0.05, 0) is 70.6 Å². The maximum Gasteiger partial charge on any atom is 0.220 e. The van der Waals surface area contributed by atoms with Gasteiger partial charge in [-0.15, -0.1) is 0 Å². The summed E-state index contributed by atoms with van der Waals surface area (Å²) in [5, 5.41) is 120. The lowest BCUT2D eigenvalue weighted by atomic mass is 9.96. The Morgan fingerprint density at radius 2 is 0.802 bits per heavy atom. The highest BCUT2D eigenvalue weighted by molar-refractivity contribution is 5.76. The van der Waals surface area contributed by atoms with Gasteiger partial charge in [-0.2, -0.15) is 0 Å². The molecule has 0 aliphatic carbocycles. The summed E-state index contributed by atoms with van der Waals surface area (Å²) in [7, 11) is 0. The summed E-state index contributed by atoms with van der Waals surface area (Å²) in [5.74, 6) is -0.320. The van der Waals surface area contributed by atoms with E-state index in [4.69, 9.17) is 28.4 Å². The van der Waals surface area contributed by atoms with Crippen LogP contribution in [0.25, 0.3) is 0 Å². The molecule has 86 heavy (non-hydrogen) atoms. The lowest BCUT2D eigenvalue weighted by Crippen LogP contribution is -2.66. The number of aliphatic hydroxyl groups excluding tert-OH is 11. The molecule has 19 nitrogen and oxygen atoms in total. The first kappa shape index (κ1) is 77.2. The van der Waals surface area contributed by atoms with E-state index < -0.39 is 124 Å². The summed E-state index contributed by atoms with van der Waals surface area (Å²) >= 11 is 0. The topological polar surface area (TPSA) is 307 Å². The Balaban J connectivity index is 1.49. The van der Waals surface area contributed by atoms with Crippen molar-refractivity contribution in [3.63, 3.8) is 0 Å². The van der Waals surface area contributed by atoms with Crippen molar-refractivity contribution in [3.05, 3.63) is 85.1 Å². The van der Waals surface area contributed by atoms with Crippen LogP contribution in [0.2, 0.25) is 0 Å². The summed E-state index contributed by atoms with van der Waals surface area (Å²) in [4.78, 5) is 13.4. The predicted octanol–water partition coefficient (Wildman–Crippen LogP) is 7.54. The normalized spacial score (nSPS) is 29.3. The van der Waals surface area contributed by atoms with Gasteiger partial charge in [0.1, 0.15) is 73.2 Å². The zero-order valence-electron chi connectivity index (χ0n) is 52.0. The standard InChI is InChI=1S/C67H115NO18/c1-3-5-7-9-11-13-15-17-19-21-23-25-27-29-31-33-35-37-39-41-43-45-55(73)68-50(51(72)44-42-40-38-36-34-32-30-28-26-24-22-20-18-16-14-12-10-8-6-4-2)49-81-65-61(79)58(76)63(53(47-70)83-65)86-67-62(80)59(77)64(54(48-71)84-67)85-66-60(78)57(75)56(74)52(46-69)82-66/h5,7,11,13,17,19,23,25,29,31,35,37,42,44,50-54,56-67,69-72,74-80H,3-4,6,8-10,12,14-16,18,20-22,24,26-28,30,32-34,36,38-41,43,45-49H2,1-2H3,(H,68,73)/b7-5-,13-11-,19-17-,25-23-,31-29-,37-35-,44-42+. The van der Waals surface area contributed by atoms with E-state index in [0.29, 0.717) is 6.42 Å². The number of amides is 1. The van der Waals surface area contributed by atoms with Crippen molar-refractivity contribution in [1.82, 2.24) is 5.32 Å². The van der Waals surface area contributed by atoms with Crippen molar-refractivity contribution in [2.45, 2.75) is 304 Å². The number of rotatable bonds is 48. The number of hydrogen-bond donors (Lipinski definition) is 12. The minimum atomic E-state index is -1.99. The first-order valence-electron chi connectivity index (χ1n) is 32.8. The summed E-state index contributed by atoms with van der Waals surface area (Å²) in [6.45, 7) is 1.58. The first-order chi connectivity index (χ1) is 41.8. The Morgan fingerprint density at radius 3 is 1.26 bits per heavy atom. The third-order valence-electron chi connectivity index (χ3n) is 15.9. The van der Waals surface area contributed by atoms with Gasteiger partial charge in [-0.3, -0.25) is 4.79 Å². The van der Waals surface area contributed by atoms with Gasteiger partial charge in [0.25, 0.3) is 0 Å². The van der Waals surface area contributed by atoms with Crippen LogP contribution in [0.1, 0.15) is 200 Å². The quantitative estimate of drug-likeness (QED) is 0.0207. The van der Waals surface area contributed by atoms with Crippen molar-refractivity contribution in [3.8, 4) is 0 Å². The number of nitrogens with one attached hydrogen (secondary N) is 1. The molecule has 3 fully saturated rings. The third kappa shape index (κ3) is 31.1. The Hall–Kier alpha value is -3.03. The van der Waals surface area contributed by atoms with Crippen molar-refractivity contribution < 1.29 is 89.4 Å².